The summed E-state index contributed by atoms with van der Waals surface area (Å²) >= 11 is 1.25. The standard InChI is InChI=1S/C19H20FN5OS/c1-11-7-13(3)18(14(4)8-11)25-19(22-23-24-25)27-10-17(26)21-16-6-5-15(20)9-12(16)2/h5-9H,10H2,1-4H3,(H,21,26). The van der Waals surface area contributed by atoms with E-state index in [9.17, 15) is 9.18 Å². The number of nitrogens with zero attached hydrogens (tertiary/aromatic N) is 4. The molecule has 0 aliphatic heterocycles. The highest BCUT2D eigenvalue weighted by Crippen LogP contribution is 2.25. The van der Waals surface area contributed by atoms with Gasteiger partial charge in [-0.1, -0.05) is 29.5 Å². The number of hydrogen-bond donors (Lipinski definition) is 1. The van der Waals surface area contributed by atoms with Crippen LogP contribution in [0, 0.1) is 33.5 Å². The molecule has 1 amide bonds. The summed E-state index contributed by atoms with van der Waals surface area (Å²) in [5.41, 5.74) is 5.48. The van der Waals surface area contributed by atoms with Crippen molar-refractivity contribution in [2.24, 2.45) is 0 Å². The molecule has 0 fully saturated rings. The first-order valence-electron chi connectivity index (χ1n) is 8.40. The molecule has 3 rings (SSSR count). The molecule has 0 bridgehead atoms. The summed E-state index contributed by atoms with van der Waals surface area (Å²) in [7, 11) is 0. The fourth-order valence-corrected chi connectivity index (χ4v) is 3.68. The van der Waals surface area contributed by atoms with E-state index in [4.69, 9.17) is 0 Å². The third-order valence-electron chi connectivity index (χ3n) is 4.08. The highest BCUT2D eigenvalue weighted by Gasteiger charge is 2.15. The van der Waals surface area contributed by atoms with E-state index in [0.717, 1.165) is 16.8 Å². The first kappa shape index (κ1) is 19.0. The number of rotatable bonds is 5. The second-order valence-corrected chi connectivity index (χ2v) is 7.36. The van der Waals surface area contributed by atoms with Crippen molar-refractivity contribution in [3.63, 3.8) is 0 Å². The maximum absolute atomic E-state index is 13.2. The van der Waals surface area contributed by atoms with E-state index in [1.54, 1.807) is 17.7 Å². The van der Waals surface area contributed by atoms with Crippen molar-refractivity contribution in [3.05, 3.63) is 58.4 Å². The molecular weight excluding hydrogens is 365 g/mol. The normalized spacial score (nSPS) is 10.9. The largest absolute Gasteiger partial charge is 0.325 e. The third-order valence-corrected chi connectivity index (χ3v) is 5.00. The lowest BCUT2D eigenvalue weighted by Gasteiger charge is -2.12. The van der Waals surface area contributed by atoms with Crippen molar-refractivity contribution in [3.8, 4) is 5.69 Å². The van der Waals surface area contributed by atoms with Crippen molar-refractivity contribution >= 4 is 23.4 Å². The molecule has 3 aromatic rings. The third kappa shape index (κ3) is 4.33. The zero-order valence-corrected chi connectivity index (χ0v) is 16.4. The summed E-state index contributed by atoms with van der Waals surface area (Å²) in [4.78, 5) is 12.3. The number of thioether (sulfide) groups is 1. The summed E-state index contributed by atoms with van der Waals surface area (Å²) in [5.74, 6) is -0.397. The number of anilines is 1. The molecule has 27 heavy (non-hydrogen) atoms. The van der Waals surface area contributed by atoms with Gasteiger partial charge in [0.1, 0.15) is 5.82 Å². The molecule has 0 radical (unpaired) electrons. The molecular formula is C19H20FN5OS. The van der Waals surface area contributed by atoms with Gasteiger partial charge < -0.3 is 5.32 Å². The molecule has 140 valence electrons. The second kappa shape index (κ2) is 7.87. The SMILES string of the molecule is Cc1cc(C)c(-n2nnnc2SCC(=O)Nc2ccc(F)cc2C)c(C)c1. The summed E-state index contributed by atoms with van der Waals surface area (Å²) in [6.45, 7) is 7.81. The number of aryl methyl sites for hydroxylation is 4. The summed E-state index contributed by atoms with van der Waals surface area (Å²) in [6.07, 6.45) is 0. The van der Waals surface area contributed by atoms with Crippen molar-refractivity contribution in [2.45, 2.75) is 32.9 Å². The van der Waals surface area contributed by atoms with E-state index in [1.807, 2.05) is 20.8 Å². The van der Waals surface area contributed by atoms with Crippen LogP contribution in [0.15, 0.2) is 35.5 Å². The number of benzene rings is 2. The molecule has 1 aromatic heterocycles. The van der Waals surface area contributed by atoms with Crippen molar-refractivity contribution < 1.29 is 9.18 Å². The summed E-state index contributed by atoms with van der Waals surface area (Å²) < 4.78 is 14.8. The Balaban J connectivity index is 1.73. The van der Waals surface area contributed by atoms with Crippen molar-refractivity contribution in [1.29, 1.82) is 0 Å². The van der Waals surface area contributed by atoms with Gasteiger partial charge >= 0.3 is 0 Å². The molecule has 0 saturated carbocycles. The van der Waals surface area contributed by atoms with Crippen LogP contribution in [-0.2, 0) is 4.79 Å². The minimum atomic E-state index is -0.331. The van der Waals surface area contributed by atoms with Crippen LogP contribution in [0.25, 0.3) is 5.69 Å². The van der Waals surface area contributed by atoms with Gasteiger partial charge in [0.05, 0.1) is 11.4 Å². The first-order chi connectivity index (χ1) is 12.8. The molecule has 0 spiro atoms. The summed E-state index contributed by atoms with van der Waals surface area (Å²) in [6, 6.07) is 8.40. The van der Waals surface area contributed by atoms with Gasteiger partial charge in [-0.15, -0.1) is 5.10 Å². The molecule has 0 saturated heterocycles. The van der Waals surface area contributed by atoms with Gasteiger partial charge in [-0.2, -0.15) is 4.68 Å². The van der Waals surface area contributed by atoms with Gasteiger partial charge in [-0.25, -0.2) is 4.39 Å². The van der Waals surface area contributed by atoms with Gasteiger partial charge in [0, 0.05) is 5.69 Å². The van der Waals surface area contributed by atoms with Crippen LogP contribution < -0.4 is 5.32 Å². The zero-order valence-electron chi connectivity index (χ0n) is 15.6. The maximum atomic E-state index is 13.2. The number of carbonyl (C=O) groups is 1. The van der Waals surface area contributed by atoms with E-state index in [-0.39, 0.29) is 17.5 Å². The number of aromatic nitrogens is 4. The Labute approximate surface area is 161 Å². The van der Waals surface area contributed by atoms with Crippen LogP contribution in [-0.4, -0.2) is 31.9 Å². The average Bonchev–Trinajstić information content (AvgIpc) is 3.03. The van der Waals surface area contributed by atoms with Gasteiger partial charge in [0.2, 0.25) is 11.1 Å². The molecule has 0 atom stereocenters. The molecule has 0 unspecified atom stereocenters. The number of tetrazole rings is 1. The lowest BCUT2D eigenvalue weighted by molar-refractivity contribution is -0.113. The summed E-state index contributed by atoms with van der Waals surface area (Å²) in [5, 5.41) is 15.2. The van der Waals surface area contributed by atoms with E-state index in [1.165, 1.54) is 29.5 Å². The zero-order chi connectivity index (χ0) is 19.6. The Kier molecular flexibility index (Phi) is 5.55. The number of nitrogens with one attached hydrogen (secondary N) is 1. The molecule has 6 nitrogen and oxygen atoms in total. The number of hydrogen-bond acceptors (Lipinski definition) is 5. The number of amides is 1. The number of carbonyl (C=O) groups excluding carboxylic acids is 1. The lowest BCUT2D eigenvalue weighted by Crippen LogP contribution is -2.15. The smallest absolute Gasteiger partial charge is 0.234 e. The lowest BCUT2D eigenvalue weighted by atomic mass is 10.1. The van der Waals surface area contributed by atoms with Crippen molar-refractivity contribution in [2.75, 3.05) is 11.1 Å². The second-order valence-electron chi connectivity index (χ2n) is 6.42. The Morgan fingerprint density at radius 3 is 2.48 bits per heavy atom. The minimum absolute atomic E-state index is 0.140. The van der Waals surface area contributed by atoms with Gasteiger partial charge in [-0.3, -0.25) is 4.79 Å². The quantitative estimate of drug-likeness (QED) is 0.677. The molecule has 2 aromatic carbocycles. The molecule has 0 aliphatic carbocycles. The van der Waals surface area contributed by atoms with Crippen LogP contribution in [0.5, 0.6) is 0 Å². The van der Waals surface area contributed by atoms with E-state index < -0.39 is 0 Å². The Morgan fingerprint density at radius 1 is 1.11 bits per heavy atom. The fourth-order valence-electron chi connectivity index (χ4n) is 3.00. The molecule has 1 N–H and O–H groups in total. The van der Waals surface area contributed by atoms with E-state index in [2.05, 4.69) is 33.0 Å². The molecule has 1 heterocycles. The van der Waals surface area contributed by atoms with Crippen LogP contribution in [0.2, 0.25) is 0 Å². The van der Waals surface area contributed by atoms with Crippen LogP contribution in [0.4, 0.5) is 10.1 Å². The van der Waals surface area contributed by atoms with Crippen LogP contribution in [0.3, 0.4) is 0 Å². The highest BCUT2D eigenvalue weighted by atomic mass is 32.2. The van der Waals surface area contributed by atoms with Gasteiger partial charge in [0.15, 0.2) is 0 Å². The Hall–Kier alpha value is -2.74. The van der Waals surface area contributed by atoms with Gasteiger partial charge in [0.25, 0.3) is 0 Å². The maximum Gasteiger partial charge on any atom is 0.234 e. The predicted octanol–water partition coefficient (Wildman–Crippen LogP) is 3.77. The highest BCUT2D eigenvalue weighted by molar-refractivity contribution is 7.99. The first-order valence-corrected chi connectivity index (χ1v) is 9.39. The topological polar surface area (TPSA) is 72.7 Å². The Morgan fingerprint density at radius 2 is 1.81 bits per heavy atom. The molecule has 0 aliphatic rings. The monoisotopic (exact) mass is 385 g/mol. The average molecular weight is 385 g/mol. The fraction of sp³-hybridized carbons (Fsp3) is 0.263. The number of halogens is 1. The van der Waals surface area contributed by atoms with E-state index >= 15 is 0 Å². The Bertz CT molecular complexity index is 979. The van der Waals surface area contributed by atoms with E-state index in [0.29, 0.717) is 16.4 Å². The molecule has 8 heteroatoms. The van der Waals surface area contributed by atoms with Crippen LogP contribution in [0.1, 0.15) is 22.3 Å². The predicted molar refractivity (Wildman–Crippen MR) is 104 cm³/mol. The van der Waals surface area contributed by atoms with Crippen molar-refractivity contribution in [1.82, 2.24) is 20.2 Å². The van der Waals surface area contributed by atoms with Crippen LogP contribution >= 0.6 is 11.8 Å². The minimum Gasteiger partial charge on any atom is -0.325 e. The van der Waals surface area contributed by atoms with Gasteiger partial charge in [-0.05, 0) is 73.0 Å².